The van der Waals surface area contributed by atoms with E-state index in [2.05, 4.69) is 12.2 Å². The Morgan fingerprint density at radius 2 is 1.38 bits per heavy atom. The molecule has 2 atom stereocenters. The number of benzene rings is 2. The quantitative estimate of drug-likeness (QED) is 0.787. The molecule has 21 heavy (non-hydrogen) atoms. The number of rotatable bonds is 5. The lowest BCUT2D eigenvalue weighted by Crippen LogP contribution is -2.22. The van der Waals surface area contributed by atoms with Crippen LogP contribution in [0.1, 0.15) is 37.1 Å². The van der Waals surface area contributed by atoms with Crippen LogP contribution in [0.3, 0.4) is 0 Å². The fourth-order valence-corrected chi connectivity index (χ4v) is 2.33. The summed E-state index contributed by atoms with van der Waals surface area (Å²) in [7, 11) is 1.65. The van der Waals surface area contributed by atoms with E-state index in [0.29, 0.717) is 0 Å². The highest BCUT2D eigenvalue weighted by atomic mass is 16.5. The van der Waals surface area contributed by atoms with E-state index in [4.69, 9.17) is 4.74 Å². The molecule has 4 nitrogen and oxygen atoms in total. The van der Waals surface area contributed by atoms with Gasteiger partial charge in [0.05, 0.1) is 7.11 Å². The molecule has 1 unspecified atom stereocenters. The van der Waals surface area contributed by atoms with Crippen molar-refractivity contribution in [3.05, 3.63) is 53.6 Å². The van der Waals surface area contributed by atoms with Crippen LogP contribution >= 0.6 is 0 Å². The van der Waals surface area contributed by atoms with Crippen LogP contribution in [0.5, 0.6) is 17.2 Å². The zero-order chi connectivity index (χ0) is 15.4. The van der Waals surface area contributed by atoms with Gasteiger partial charge in [-0.05, 0) is 49.2 Å². The van der Waals surface area contributed by atoms with E-state index in [1.165, 1.54) is 6.07 Å². The van der Waals surface area contributed by atoms with E-state index >= 15 is 0 Å². The molecule has 0 saturated heterocycles. The number of hydrogen-bond acceptors (Lipinski definition) is 4. The van der Waals surface area contributed by atoms with E-state index in [9.17, 15) is 10.2 Å². The fourth-order valence-electron chi connectivity index (χ4n) is 2.33. The molecule has 2 aromatic carbocycles. The minimum atomic E-state index is 0.0000941. The van der Waals surface area contributed by atoms with E-state index in [1.54, 1.807) is 19.2 Å². The fraction of sp³-hybridized carbons (Fsp3) is 0.294. The molecular weight excluding hydrogens is 266 g/mol. The Hall–Kier alpha value is -2.20. The number of hydrogen-bond donors (Lipinski definition) is 3. The Kier molecular flexibility index (Phi) is 4.70. The standard InChI is InChI=1S/C17H21NO3/c1-11(13-4-6-17(21-3)7-5-13)18-12(2)14-8-15(19)10-16(20)9-14/h4-12,18-20H,1-3H3/t11-,12?/m1/s1. The largest absolute Gasteiger partial charge is 0.508 e. The monoisotopic (exact) mass is 287 g/mol. The molecule has 4 heteroatoms. The van der Waals surface area contributed by atoms with E-state index < -0.39 is 0 Å². The van der Waals surface area contributed by atoms with Gasteiger partial charge in [0.2, 0.25) is 0 Å². The number of phenols is 2. The van der Waals surface area contributed by atoms with Crippen molar-refractivity contribution >= 4 is 0 Å². The van der Waals surface area contributed by atoms with Crippen molar-refractivity contribution in [2.45, 2.75) is 25.9 Å². The molecule has 0 radical (unpaired) electrons. The van der Waals surface area contributed by atoms with Crippen molar-refractivity contribution in [2.75, 3.05) is 7.11 Å². The molecule has 2 aromatic rings. The first-order valence-corrected chi connectivity index (χ1v) is 6.92. The minimum Gasteiger partial charge on any atom is -0.508 e. The normalized spacial score (nSPS) is 13.7. The second kappa shape index (κ2) is 6.50. The Morgan fingerprint density at radius 3 is 1.90 bits per heavy atom. The Bertz CT molecular complexity index is 575. The van der Waals surface area contributed by atoms with Crippen molar-refractivity contribution in [1.82, 2.24) is 5.32 Å². The molecule has 2 rings (SSSR count). The van der Waals surface area contributed by atoms with Crippen molar-refractivity contribution < 1.29 is 14.9 Å². The third-order valence-electron chi connectivity index (χ3n) is 3.54. The van der Waals surface area contributed by atoms with Crippen LogP contribution in [0.4, 0.5) is 0 Å². The highest BCUT2D eigenvalue weighted by molar-refractivity contribution is 5.38. The predicted octanol–water partition coefficient (Wildman–Crippen LogP) is 3.52. The Morgan fingerprint density at radius 1 is 0.857 bits per heavy atom. The van der Waals surface area contributed by atoms with Gasteiger partial charge in [0.1, 0.15) is 17.2 Å². The van der Waals surface area contributed by atoms with Crippen LogP contribution in [0.2, 0.25) is 0 Å². The van der Waals surface area contributed by atoms with Crippen molar-refractivity contribution in [3.8, 4) is 17.2 Å². The lowest BCUT2D eigenvalue weighted by molar-refractivity contribution is 0.414. The highest BCUT2D eigenvalue weighted by Crippen LogP contribution is 2.27. The Labute approximate surface area is 125 Å². The Balaban J connectivity index is 2.08. The van der Waals surface area contributed by atoms with Crippen LogP contribution in [-0.2, 0) is 0 Å². The van der Waals surface area contributed by atoms with Gasteiger partial charge >= 0.3 is 0 Å². The van der Waals surface area contributed by atoms with Gasteiger partial charge in [-0.3, -0.25) is 0 Å². The molecule has 3 N–H and O–H groups in total. The topological polar surface area (TPSA) is 61.7 Å². The minimum absolute atomic E-state index is 0.0000941. The number of phenolic OH excluding ortho intramolecular Hbond substituents is 2. The van der Waals surface area contributed by atoms with Crippen LogP contribution in [0.15, 0.2) is 42.5 Å². The van der Waals surface area contributed by atoms with Crippen molar-refractivity contribution in [2.24, 2.45) is 0 Å². The van der Waals surface area contributed by atoms with Gasteiger partial charge in [-0.1, -0.05) is 12.1 Å². The number of nitrogens with one attached hydrogen (secondary N) is 1. The lowest BCUT2D eigenvalue weighted by atomic mass is 10.0. The molecule has 0 aliphatic carbocycles. The maximum absolute atomic E-state index is 9.55. The van der Waals surface area contributed by atoms with E-state index in [-0.39, 0.29) is 23.6 Å². The zero-order valence-electron chi connectivity index (χ0n) is 12.5. The van der Waals surface area contributed by atoms with Crippen LogP contribution in [-0.4, -0.2) is 17.3 Å². The molecule has 0 heterocycles. The number of methoxy groups -OCH3 is 1. The average Bonchev–Trinajstić information content (AvgIpc) is 2.46. The maximum Gasteiger partial charge on any atom is 0.119 e. The smallest absolute Gasteiger partial charge is 0.119 e. The molecular formula is C17H21NO3. The summed E-state index contributed by atoms with van der Waals surface area (Å²) in [5.41, 5.74) is 1.99. The van der Waals surface area contributed by atoms with Gasteiger partial charge in [-0.25, -0.2) is 0 Å². The average molecular weight is 287 g/mol. The number of ether oxygens (including phenoxy) is 1. The molecule has 0 fully saturated rings. The van der Waals surface area contributed by atoms with E-state index in [0.717, 1.165) is 16.9 Å². The van der Waals surface area contributed by atoms with Crippen molar-refractivity contribution in [3.63, 3.8) is 0 Å². The summed E-state index contributed by atoms with van der Waals surface area (Å²) >= 11 is 0. The molecule has 0 aromatic heterocycles. The molecule has 0 aliphatic heterocycles. The zero-order valence-corrected chi connectivity index (χ0v) is 12.5. The van der Waals surface area contributed by atoms with Gasteiger partial charge in [-0.15, -0.1) is 0 Å². The van der Waals surface area contributed by atoms with Crippen LogP contribution < -0.4 is 10.1 Å². The summed E-state index contributed by atoms with van der Waals surface area (Å²) in [6, 6.07) is 12.7. The van der Waals surface area contributed by atoms with Crippen molar-refractivity contribution in [1.29, 1.82) is 0 Å². The summed E-state index contributed by atoms with van der Waals surface area (Å²) in [4.78, 5) is 0. The first-order valence-electron chi connectivity index (χ1n) is 6.92. The second-order valence-electron chi connectivity index (χ2n) is 5.17. The molecule has 112 valence electrons. The summed E-state index contributed by atoms with van der Waals surface area (Å²) in [5.74, 6) is 0.961. The van der Waals surface area contributed by atoms with E-state index in [1.807, 2.05) is 31.2 Å². The van der Waals surface area contributed by atoms with Crippen LogP contribution in [0, 0.1) is 0 Å². The second-order valence-corrected chi connectivity index (χ2v) is 5.17. The molecule has 0 saturated carbocycles. The third-order valence-corrected chi connectivity index (χ3v) is 3.54. The lowest BCUT2D eigenvalue weighted by Gasteiger charge is -2.21. The first kappa shape index (κ1) is 15.2. The van der Waals surface area contributed by atoms with Gasteiger partial charge in [-0.2, -0.15) is 0 Å². The highest BCUT2D eigenvalue weighted by Gasteiger charge is 2.12. The van der Waals surface area contributed by atoms with Crippen LogP contribution in [0.25, 0.3) is 0 Å². The summed E-state index contributed by atoms with van der Waals surface area (Å²) in [6.45, 7) is 4.06. The summed E-state index contributed by atoms with van der Waals surface area (Å²) < 4.78 is 5.15. The van der Waals surface area contributed by atoms with Gasteiger partial charge in [0.15, 0.2) is 0 Å². The third kappa shape index (κ3) is 3.89. The molecule has 0 bridgehead atoms. The van der Waals surface area contributed by atoms with Gasteiger partial charge in [0, 0.05) is 18.2 Å². The molecule has 0 aliphatic rings. The summed E-state index contributed by atoms with van der Waals surface area (Å²) in [6.07, 6.45) is 0. The van der Waals surface area contributed by atoms with Gasteiger partial charge in [0.25, 0.3) is 0 Å². The number of aromatic hydroxyl groups is 2. The summed E-state index contributed by atoms with van der Waals surface area (Å²) in [5, 5.41) is 22.5. The first-order chi connectivity index (χ1) is 9.99. The maximum atomic E-state index is 9.55. The SMILES string of the molecule is COc1ccc([C@@H](C)NC(C)c2cc(O)cc(O)c2)cc1. The molecule has 0 amide bonds. The predicted molar refractivity (Wildman–Crippen MR) is 82.7 cm³/mol. The molecule has 0 spiro atoms. The van der Waals surface area contributed by atoms with Gasteiger partial charge < -0.3 is 20.3 Å².